The van der Waals surface area contributed by atoms with Crippen molar-refractivity contribution < 1.29 is 5.11 Å². The van der Waals surface area contributed by atoms with E-state index in [1.54, 1.807) is 0 Å². The summed E-state index contributed by atoms with van der Waals surface area (Å²) >= 11 is 0. The molecule has 1 heterocycles. The second kappa shape index (κ2) is 5.02. The molecule has 74 valence electrons. The van der Waals surface area contributed by atoms with Crippen molar-refractivity contribution in [2.24, 2.45) is 0 Å². The molecule has 0 aliphatic heterocycles. The molecule has 0 saturated carbocycles. The van der Waals surface area contributed by atoms with Crippen LogP contribution in [0.2, 0.25) is 0 Å². The first-order valence-corrected chi connectivity index (χ1v) is 4.92. The molecule has 3 nitrogen and oxygen atoms in total. The van der Waals surface area contributed by atoms with Crippen molar-refractivity contribution >= 4 is 0 Å². The van der Waals surface area contributed by atoms with Crippen molar-refractivity contribution in [3.05, 3.63) is 17.5 Å². The third-order valence-electron chi connectivity index (χ3n) is 2.13. The summed E-state index contributed by atoms with van der Waals surface area (Å²) in [6.07, 6.45) is 2.95. The summed E-state index contributed by atoms with van der Waals surface area (Å²) in [4.78, 5) is 0. The van der Waals surface area contributed by atoms with Crippen molar-refractivity contribution in [2.75, 3.05) is 6.61 Å². The van der Waals surface area contributed by atoms with Crippen molar-refractivity contribution in [1.82, 2.24) is 9.78 Å². The first-order chi connectivity index (χ1) is 6.27. The fourth-order valence-corrected chi connectivity index (χ4v) is 1.49. The topological polar surface area (TPSA) is 38.0 Å². The van der Waals surface area contributed by atoms with E-state index in [2.05, 4.69) is 18.1 Å². The van der Waals surface area contributed by atoms with E-state index >= 15 is 0 Å². The van der Waals surface area contributed by atoms with Crippen LogP contribution >= 0.6 is 0 Å². The number of aliphatic hydroxyl groups is 1. The second-order valence-electron chi connectivity index (χ2n) is 3.27. The molecule has 1 rings (SSSR count). The largest absolute Gasteiger partial charge is 0.396 e. The lowest BCUT2D eigenvalue weighted by atomic mass is 10.2. The molecule has 0 aliphatic rings. The molecule has 0 unspecified atom stereocenters. The van der Waals surface area contributed by atoms with Crippen molar-refractivity contribution in [3.8, 4) is 0 Å². The van der Waals surface area contributed by atoms with Gasteiger partial charge >= 0.3 is 0 Å². The zero-order valence-electron chi connectivity index (χ0n) is 8.45. The maximum atomic E-state index is 8.65. The summed E-state index contributed by atoms with van der Waals surface area (Å²) in [6, 6.07) is 2.13. The smallest absolute Gasteiger partial charge is 0.0596 e. The van der Waals surface area contributed by atoms with Crippen LogP contribution in [0.5, 0.6) is 0 Å². The summed E-state index contributed by atoms with van der Waals surface area (Å²) in [7, 11) is 0. The van der Waals surface area contributed by atoms with Crippen molar-refractivity contribution in [2.45, 2.75) is 39.7 Å². The molecule has 1 aromatic heterocycles. The first-order valence-electron chi connectivity index (χ1n) is 4.92. The monoisotopic (exact) mass is 182 g/mol. The number of hydrogen-bond donors (Lipinski definition) is 1. The molecule has 0 saturated heterocycles. The lowest BCUT2D eigenvalue weighted by Gasteiger charge is -2.02. The minimum absolute atomic E-state index is 0.291. The highest BCUT2D eigenvalue weighted by atomic mass is 16.2. The van der Waals surface area contributed by atoms with Gasteiger partial charge in [0.25, 0.3) is 0 Å². The number of aryl methyl sites for hydroxylation is 3. The van der Waals surface area contributed by atoms with E-state index in [9.17, 15) is 0 Å². The molecule has 0 spiro atoms. The summed E-state index contributed by atoms with van der Waals surface area (Å²) in [6.45, 7) is 5.34. The lowest BCUT2D eigenvalue weighted by molar-refractivity contribution is 0.284. The van der Waals surface area contributed by atoms with Gasteiger partial charge in [-0.3, -0.25) is 4.68 Å². The highest BCUT2D eigenvalue weighted by Crippen LogP contribution is 2.07. The van der Waals surface area contributed by atoms with Crippen molar-refractivity contribution in [3.63, 3.8) is 0 Å². The molecule has 3 heteroatoms. The highest BCUT2D eigenvalue weighted by molar-refractivity contribution is 5.08. The fraction of sp³-hybridized carbons (Fsp3) is 0.700. The Hall–Kier alpha value is -0.830. The van der Waals surface area contributed by atoms with Crippen LogP contribution in [-0.2, 0) is 13.0 Å². The van der Waals surface area contributed by atoms with Gasteiger partial charge in [-0.05, 0) is 39.2 Å². The molecule has 0 aliphatic carbocycles. The first kappa shape index (κ1) is 10.3. The van der Waals surface area contributed by atoms with Crippen LogP contribution in [0.25, 0.3) is 0 Å². The van der Waals surface area contributed by atoms with Crippen LogP contribution in [0.1, 0.15) is 31.2 Å². The Kier molecular flexibility index (Phi) is 3.96. The zero-order chi connectivity index (χ0) is 9.68. The molecule has 0 radical (unpaired) electrons. The Balaban J connectivity index is 2.53. The molecular formula is C10H18N2O. The summed E-state index contributed by atoms with van der Waals surface area (Å²) < 4.78 is 2.03. The molecule has 13 heavy (non-hydrogen) atoms. The van der Waals surface area contributed by atoms with E-state index in [0.717, 1.165) is 31.5 Å². The second-order valence-corrected chi connectivity index (χ2v) is 3.27. The Morgan fingerprint density at radius 2 is 2.23 bits per heavy atom. The quantitative estimate of drug-likeness (QED) is 0.701. The van der Waals surface area contributed by atoms with Crippen LogP contribution in [-0.4, -0.2) is 21.5 Å². The predicted octanol–water partition coefficient (Wildman–Crippen LogP) is 1.53. The maximum absolute atomic E-state index is 8.65. The number of nitrogens with zero attached hydrogens (tertiary/aromatic N) is 2. The Morgan fingerprint density at radius 1 is 1.46 bits per heavy atom. The molecule has 0 atom stereocenters. The molecule has 0 amide bonds. The summed E-state index contributed by atoms with van der Waals surface area (Å²) in [5.41, 5.74) is 2.37. The maximum Gasteiger partial charge on any atom is 0.0596 e. The Bertz CT molecular complexity index is 255. The third-order valence-corrected chi connectivity index (χ3v) is 2.13. The van der Waals surface area contributed by atoms with Gasteiger partial charge in [0.05, 0.1) is 5.69 Å². The van der Waals surface area contributed by atoms with Gasteiger partial charge in [0.1, 0.15) is 0 Å². The average molecular weight is 182 g/mol. The van der Waals surface area contributed by atoms with E-state index < -0.39 is 0 Å². The molecular weight excluding hydrogens is 164 g/mol. The summed E-state index contributed by atoms with van der Waals surface area (Å²) in [5.74, 6) is 0. The van der Waals surface area contributed by atoms with E-state index in [-0.39, 0.29) is 0 Å². The molecule has 1 N–H and O–H groups in total. The number of hydrogen-bond acceptors (Lipinski definition) is 2. The van der Waals surface area contributed by atoms with Crippen LogP contribution in [0, 0.1) is 6.92 Å². The fourth-order valence-electron chi connectivity index (χ4n) is 1.49. The van der Waals surface area contributed by atoms with Crippen LogP contribution in [0.4, 0.5) is 0 Å². The SMILES string of the molecule is CCn1nc(C)cc1CCCCO. The van der Waals surface area contributed by atoms with Gasteiger partial charge < -0.3 is 5.11 Å². The van der Waals surface area contributed by atoms with Gasteiger partial charge in [0, 0.05) is 18.8 Å². The molecule has 0 bridgehead atoms. The Labute approximate surface area is 79.4 Å². The number of aromatic nitrogens is 2. The Morgan fingerprint density at radius 3 is 2.85 bits per heavy atom. The zero-order valence-corrected chi connectivity index (χ0v) is 8.45. The van der Waals surface area contributed by atoms with Gasteiger partial charge in [-0.1, -0.05) is 0 Å². The van der Waals surface area contributed by atoms with Crippen LogP contribution in [0.3, 0.4) is 0 Å². The van der Waals surface area contributed by atoms with Crippen molar-refractivity contribution in [1.29, 1.82) is 0 Å². The molecule has 0 fully saturated rings. The molecule has 0 aromatic carbocycles. The molecule has 1 aromatic rings. The van der Waals surface area contributed by atoms with Gasteiger partial charge in [-0.15, -0.1) is 0 Å². The van der Waals surface area contributed by atoms with Gasteiger partial charge in [0.15, 0.2) is 0 Å². The average Bonchev–Trinajstić information content (AvgIpc) is 2.47. The van der Waals surface area contributed by atoms with Crippen LogP contribution < -0.4 is 0 Å². The lowest BCUT2D eigenvalue weighted by Crippen LogP contribution is -2.02. The van der Waals surface area contributed by atoms with Crippen LogP contribution in [0.15, 0.2) is 6.07 Å². The highest BCUT2D eigenvalue weighted by Gasteiger charge is 2.02. The number of unbranched alkanes of at least 4 members (excludes halogenated alkanes) is 1. The number of aliphatic hydroxyl groups excluding tert-OH is 1. The predicted molar refractivity (Wildman–Crippen MR) is 52.7 cm³/mol. The van der Waals surface area contributed by atoms with E-state index in [1.165, 1.54) is 5.69 Å². The van der Waals surface area contributed by atoms with E-state index in [1.807, 2.05) is 11.6 Å². The van der Waals surface area contributed by atoms with Gasteiger partial charge in [-0.25, -0.2) is 0 Å². The van der Waals surface area contributed by atoms with Gasteiger partial charge in [0.2, 0.25) is 0 Å². The summed E-state index contributed by atoms with van der Waals surface area (Å²) in [5, 5.41) is 13.0. The third kappa shape index (κ3) is 2.84. The minimum atomic E-state index is 0.291. The standard InChI is InChI=1S/C10H18N2O/c1-3-12-10(6-4-5-7-13)8-9(2)11-12/h8,13H,3-7H2,1-2H3. The normalized spacial score (nSPS) is 10.7. The number of rotatable bonds is 5. The van der Waals surface area contributed by atoms with Gasteiger partial charge in [-0.2, -0.15) is 5.10 Å². The van der Waals surface area contributed by atoms with E-state index in [0.29, 0.717) is 6.61 Å². The minimum Gasteiger partial charge on any atom is -0.396 e. The van der Waals surface area contributed by atoms with E-state index in [4.69, 9.17) is 5.11 Å².